The van der Waals surface area contributed by atoms with Crippen molar-refractivity contribution in [2.45, 2.75) is 26.2 Å². The number of hydrogen-bond acceptors (Lipinski definition) is 4. The summed E-state index contributed by atoms with van der Waals surface area (Å²) < 4.78 is 43.7. The summed E-state index contributed by atoms with van der Waals surface area (Å²) in [6, 6.07) is 13.2. The van der Waals surface area contributed by atoms with Crippen LogP contribution >= 0.6 is 11.3 Å². The van der Waals surface area contributed by atoms with E-state index in [2.05, 4.69) is 10.3 Å². The molecule has 2 aromatic carbocycles. The molecule has 0 aliphatic rings. The molecule has 0 fully saturated rings. The van der Waals surface area contributed by atoms with Gasteiger partial charge in [-0.15, -0.1) is 11.3 Å². The monoisotopic (exact) mass is 392 g/mol. The van der Waals surface area contributed by atoms with E-state index in [9.17, 15) is 13.2 Å². The molecule has 1 N–H and O–H groups in total. The lowest BCUT2D eigenvalue weighted by Gasteiger charge is -2.09. The minimum absolute atomic E-state index is 0.349. The van der Waals surface area contributed by atoms with Crippen LogP contribution in [0.25, 0.3) is 10.4 Å². The predicted molar refractivity (Wildman–Crippen MR) is 101 cm³/mol. The Hall–Kier alpha value is -2.38. The Morgan fingerprint density at radius 3 is 2.56 bits per heavy atom. The van der Waals surface area contributed by atoms with Crippen LogP contribution in [-0.2, 0) is 19.3 Å². The highest BCUT2D eigenvalue weighted by Gasteiger charge is 2.30. The first kappa shape index (κ1) is 19.4. The van der Waals surface area contributed by atoms with Crippen LogP contribution < -0.4 is 10.1 Å². The maximum absolute atomic E-state index is 12.8. The van der Waals surface area contributed by atoms with Gasteiger partial charge >= 0.3 is 6.18 Å². The fourth-order valence-electron chi connectivity index (χ4n) is 2.58. The summed E-state index contributed by atoms with van der Waals surface area (Å²) in [4.78, 5) is 5.42. The molecule has 0 bridgehead atoms. The van der Waals surface area contributed by atoms with Crippen LogP contribution in [0.2, 0.25) is 0 Å². The van der Waals surface area contributed by atoms with Crippen LogP contribution in [0.4, 0.5) is 13.2 Å². The third-order valence-electron chi connectivity index (χ3n) is 3.86. The number of hydrogen-bond donors (Lipinski definition) is 1. The number of aromatic nitrogens is 1. The van der Waals surface area contributed by atoms with E-state index >= 15 is 0 Å². The van der Waals surface area contributed by atoms with E-state index in [1.165, 1.54) is 12.1 Å². The van der Waals surface area contributed by atoms with E-state index < -0.39 is 11.7 Å². The minimum Gasteiger partial charge on any atom is -0.494 e. The lowest BCUT2D eigenvalue weighted by Crippen LogP contribution is -2.13. The molecular weight excluding hydrogens is 373 g/mol. The zero-order chi connectivity index (χ0) is 19.3. The van der Waals surface area contributed by atoms with Crippen LogP contribution in [0.15, 0.2) is 54.7 Å². The van der Waals surface area contributed by atoms with Crippen molar-refractivity contribution in [3.05, 3.63) is 70.9 Å². The third kappa shape index (κ3) is 5.30. The van der Waals surface area contributed by atoms with Crippen molar-refractivity contribution in [2.75, 3.05) is 6.61 Å². The molecule has 3 nitrogen and oxygen atoms in total. The van der Waals surface area contributed by atoms with Gasteiger partial charge in [-0.05, 0) is 48.4 Å². The van der Waals surface area contributed by atoms with Crippen molar-refractivity contribution in [1.82, 2.24) is 10.3 Å². The maximum atomic E-state index is 12.8. The summed E-state index contributed by atoms with van der Waals surface area (Å²) in [5.74, 6) is 0.828. The van der Waals surface area contributed by atoms with E-state index in [-0.39, 0.29) is 0 Å². The number of benzene rings is 2. The Bertz CT molecular complexity index is 875. The normalized spacial score (nSPS) is 11.6. The maximum Gasteiger partial charge on any atom is 0.416 e. The summed E-state index contributed by atoms with van der Waals surface area (Å²) in [7, 11) is 0. The largest absolute Gasteiger partial charge is 0.494 e. The molecule has 0 amide bonds. The molecule has 0 saturated heterocycles. The number of rotatable bonds is 7. The predicted octanol–water partition coefficient (Wildman–Crippen LogP) is 5.52. The number of alkyl halides is 3. The first-order valence-corrected chi connectivity index (χ1v) is 9.32. The van der Waals surface area contributed by atoms with Crippen molar-refractivity contribution in [3.63, 3.8) is 0 Å². The Morgan fingerprint density at radius 2 is 1.85 bits per heavy atom. The number of thiazole rings is 1. The fourth-order valence-corrected chi connectivity index (χ4v) is 3.47. The van der Waals surface area contributed by atoms with Gasteiger partial charge in [-0.25, -0.2) is 4.98 Å². The van der Waals surface area contributed by atoms with Gasteiger partial charge in [-0.1, -0.05) is 18.2 Å². The number of nitrogens with zero attached hydrogens (tertiary/aromatic N) is 1. The molecule has 0 radical (unpaired) electrons. The molecule has 3 rings (SSSR count). The average molecular weight is 392 g/mol. The Labute approximate surface area is 159 Å². The number of ether oxygens (including phenoxy) is 1. The number of halogens is 3. The van der Waals surface area contributed by atoms with Crippen LogP contribution in [0, 0.1) is 0 Å². The van der Waals surface area contributed by atoms with Crippen molar-refractivity contribution in [1.29, 1.82) is 0 Å². The Balaban J connectivity index is 1.57. The van der Waals surface area contributed by atoms with Crippen LogP contribution in [0.1, 0.15) is 23.1 Å². The van der Waals surface area contributed by atoms with Crippen LogP contribution in [-0.4, -0.2) is 11.6 Å². The smallest absolute Gasteiger partial charge is 0.416 e. The van der Waals surface area contributed by atoms with Crippen molar-refractivity contribution in [2.24, 2.45) is 0 Å². The van der Waals surface area contributed by atoms with Crippen molar-refractivity contribution in [3.8, 4) is 16.2 Å². The topological polar surface area (TPSA) is 34.1 Å². The Kier molecular flexibility index (Phi) is 6.13. The summed E-state index contributed by atoms with van der Waals surface area (Å²) >= 11 is 1.55. The van der Waals surface area contributed by atoms with E-state index in [0.29, 0.717) is 25.3 Å². The van der Waals surface area contributed by atoms with Crippen LogP contribution in [0.3, 0.4) is 0 Å². The quantitative estimate of drug-likeness (QED) is 0.575. The first-order chi connectivity index (χ1) is 13.0. The van der Waals surface area contributed by atoms with E-state index in [1.807, 2.05) is 37.4 Å². The third-order valence-corrected chi connectivity index (χ3v) is 4.91. The zero-order valence-electron chi connectivity index (χ0n) is 14.7. The molecule has 3 aromatic rings. The second-order valence-electron chi connectivity index (χ2n) is 5.88. The molecule has 27 heavy (non-hydrogen) atoms. The lowest BCUT2D eigenvalue weighted by atomic mass is 10.1. The lowest BCUT2D eigenvalue weighted by molar-refractivity contribution is -0.137. The summed E-state index contributed by atoms with van der Waals surface area (Å²) in [5.41, 5.74) is 1.02. The summed E-state index contributed by atoms with van der Waals surface area (Å²) in [5, 5.41) is 4.03. The minimum atomic E-state index is -4.32. The average Bonchev–Trinajstić information content (AvgIpc) is 3.11. The van der Waals surface area contributed by atoms with Gasteiger partial charge in [-0.2, -0.15) is 13.2 Å². The molecule has 7 heteroatoms. The highest BCUT2D eigenvalue weighted by Crippen LogP contribution is 2.30. The van der Waals surface area contributed by atoms with Gasteiger partial charge in [0.1, 0.15) is 10.8 Å². The van der Waals surface area contributed by atoms with Crippen molar-refractivity contribution >= 4 is 11.3 Å². The van der Waals surface area contributed by atoms with Crippen LogP contribution in [0.5, 0.6) is 5.75 Å². The van der Waals surface area contributed by atoms with E-state index in [1.54, 1.807) is 17.4 Å². The number of nitrogens with one attached hydrogen (secondary N) is 1. The highest BCUT2D eigenvalue weighted by molar-refractivity contribution is 7.15. The van der Waals surface area contributed by atoms with Gasteiger partial charge in [-0.3, -0.25) is 0 Å². The second kappa shape index (κ2) is 8.54. The second-order valence-corrected chi connectivity index (χ2v) is 6.99. The highest BCUT2D eigenvalue weighted by atomic mass is 32.1. The zero-order valence-corrected chi connectivity index (χ0v) is 15.5. The van der Waals surface area contributed by atoms with Gasteiger partial charge in [0.05, 0.1) is 17.0 Å². The SMILES string of the molecule is CCOc1ccc(-c2cnc(CNCc3cccc(C(F)(F)F)c3)s2)cc1. The summed E-state index contributed by atoms with van der Waals surface area (Å²) in [6.45, 7) is 3.41. The molecular formula is C20H19F3N2OS. The molecule has 1 aromatic heterocycles. The van der Waals surface area contributed by atoms with Gasteiger partial charge in [0.2, 0.25) is 0 Å². The van der Waals surface area contributed by atoms with Gasteiger partial charge < -0.3 is 10.1 Å². The van der Waals surface area contributed by atoms with Crippen molar-refractivity contribution < 1.29 is 17.9 Å². The molecule has 0 atom stereocenters. The molecule has 0 saturated carbocycles. The molecule has 1 heterocycles. The van der Waals surface area contributed by atoms with E-state index in [0.717, 1.165) is 27.3 Å². The Morgan fingerprint density at radius 1 is 1.07 bits per heavy atom. The van der Waals surface area contributed by atoms with E-state index in [4.69, 9.17) is 4.74 Å². The molecule has 0 aliphatic carbocycles. The molecule has 0 spiro atoms. The van der Waals surface area contributed by atoms with Gasteiger partial charge in [0.15, 0.2) is 0 Å². The fraction of sp³-hybridized carbons (Fsp3) is 0.250. The summed E-state index contributed by atoms with van der Waals surface area (Å²) in [6.07, 6.45) is -2.51. The van der Waals surface area contributed by atoms with Gasteiger partial charge in [0.25, 0.3) is 0 Å². The molecule has 142 valence electrons. The molecule has 0 unspecified atom stereocenters. The molecule has 0 aliphatic heterocycles. The standard InChI is InChI=1S/C20H19F3N2OS/c1-2-26-17-8-6-15(7-9-17)18-12-25-19(27-18)13-24-11-14-4-3-5-16(10-14)20(21,22)23/h3-10,12,24H,2,11,13H2,1H3. The van der Waals surface area contributed by atoms with Gasteiger partial charge in [0, 0.05) is 19.3 Å². The first-order valence-electron chi connectivity index (χ1n) is 8.50.